The van der Waals surface area contributed by atoms with Gasteiger partial charge in [-0.1, -0.05) is 0 Å². The zero-order valence-corrected chi connectivity index (χ0v) is 13.6. The maximum absolute atomic E-state index is 6.08. The number of nitrogens with zero attached hydrogens (tertiary/aromatic N) is 3. The number of anilines is 2. The molecule has 21 heavy (non-hydrogen) atoms. The van der Waals surface area contributed by atoms with Crippen LogP contribution in [0.15, 0.2) is 5.38 Å². The van der Waals surface area contributed by atoms with E-state index in [1.165, 1.54) is 37.5 Å². The fraction of sp³-hybridized carbons (Fsp3) is 0.571. The summed E-state index contributed by atoms with van der Waals surface area (Å²) >= 11 is 3.11. The van der Waals surface area contributed by atoms with E-state index in [4.69, 9.17) is 5.73 Å². The van der Waals surface area contributed by atoms with E-state index >= 15 is 0 Å². The third-order valence-corrected chi connectivity index (χ3v) is 6.13. The van der Waals surface area contributed by atoms with E-state index in [0.717, 1.165) is 33.7 Å². The van der Waals surface area contributed by atoms with Crippen molar-refractivity contribution in [2.24, 2.45) is 5.92 Å². The summed E-state index contributed by atoms with van der Waals surface area (Å²) in [6, 6.07) is 0.519. The molecular weight excluding hydrogens is 302 g/mol. The first kappa shape index (κ1) is 13.5. The number of rotatable bonds is 3. The number of fused-ring (bicyclic) bond motifs is 3. The lowest BCUT2D eigenvalue weighted by molar-refractivity contribution is 0.0977. The van der Waals surface area contributed by atoms with Crippen LogP contribution in [0.3, 0.4) is 0 Å². The number of piperidine rings is 3. The molecule has 2 aromatic rings. The molecular formula is C14H19N5S2. The second-order valence-electron chi connectivity index (χ2n) is 5.91. The highest BCUT2D eigenvalue weighted by Crippen LogP contribution is 2.39. The van der Waals surface area contributed by atoms with Crippen molar-refractivity contribution < 1.29 is 0 Å². The van der Waals surface area contributed by atoms with Crippen LogP contribution in [-0.4, -0.2) is 39.9 Å². The lowest BCUT2D eigenvalue weighted by Gasteiger charge is -2.45. The Hall–Kier alpha value is -1.18. The van der Waals surface area contributed by atoms with Crippen LogP contribution in [0, 0.1) is 12.8 Å². The highest BCUT2D eigenvalue weighted by atomic mass is 32.1. The molecule has 0 saturated carbocycles. The van der Waals surface area contributed by atoms with Crippen LogP contribution in [0.2, 0.25) is 0 Å². The van der Waals surface area contributed by atoms with Gasteiger partial charge in [0.2, 0.25) is 0 Å². The van der Waals surface area contributed by atoms with Crippen molar-refractivity contribution in [1.82, 2.24) is 14.3 Å². The maximum atomic E-state index is 6.08. The second kappa shape index (κ2) is 5.23. The van der Waals surface area contributed by atoms with Crippen molar-refractivity contribution in [1.29, 1.82) is 0 Å². The zero-order chi connectivity index (χ0) is 14.4. The molecule has 3 saturated heterocycles. The van der Waals surface area contributed by atoms with Gasteiger partial charge < -0.3 is 16.0 Å². The average molecular weight is 321 g/mol. The minimum atomic E-state index is 0.519. The summed E-state index contributed by atoms with van der Waals surface area (Å²) in [5, 5.41) is 7.91. The highest BCUT2D eigenvalue weighted by Gasteiger charge is 2.34. The molecule has 5 rings (SSSR count). The smallest absolute Gasteiger partial charge is 0.148 e. The maximum Gasteiger partial charge on any atom is 0.148 e. The number of thiazole rings is 1. The minimum Gasteiger partial charge on any atom is -0.382 e. The van der Waals surface area contributed by atoms with E-state index in [1.54, 1.807) is 11.3 Å². The lowest BCUT2D eigenvalue weighted by atomic mass is 9.84. The van der Waals surface area contributed by atoms with Crippen LogP contribution in [0.25, 0.3) is 11.3 Å². The van der Waals surface area contributed by atoms with Gasteiger partial charge in [0.25, 0.3) is 0 Å². The van der Waals surface area contributed by atoms with Gasteiger partial charge in [0.05, 0.1) is 16.3 Å². The molecule has 1 atom stereocenters. The predicted molar refractivity (Wildman–Crippen MR) is 88.9 cm³/mol. The quantitative estimate of drug-likeness (QED) is 0.910. The van der Waals surface area contributed by atoms with Crippen LogP contribution >= 0.6 is 22.9 Å². The van der Waals surface area contributed by atoms with E-state index in [9.17, 15) is 0 Å². The Morgan fingerprint density at radius 2 is 2.19 bits per heavy atom. The summed E-state index contributed by atoms with van der Waals surface area (Å²) in [5.41, 5.74) is 8.02. The van der Waals surface area contributed by atoms with Gasteiger partial charge in [0.15, 0.2) is 0 Å². The average Bonchev–Trinajstić information content (AvgIpc) is 3.06. The Balaban J connectivity index is 1.61. The van der Waals surface area contributed by atoms with Crippen molar-refractivity contribution in [3.05, 3.63) is 10.4 Å². The van der Waals surface area contributed by atoms with Crippen molar-refractivity contribution >= 4 is 33.7 Å². The fourth-order valence-corrected chi connectivity index (χ4v) is 4.81. The van der Waals surface area contributed by atoms with Crippen LogP contribution < -0.4 is 11.1 Å². The molecule has 2 bridgehead atoms. The summed E-state index contributed by atoms with van der Waals surface area (Å²) < 4.78 is 4.34. The van der Waals surface area contributed by atoms with Gasteiger partial charge in [0, 0.05) is 18.0 Å². The number of aromatic nitrogens is 2. The van der Waals surface area contributed by atoms with E-state index in [-0.39, 0.29) is 0 Å². The topological polar surface area (TPSA) is 67.1 Å². The molecule has 2 aromatic heterocycles. The molecule has 0 spiro atoms. The second-order valence-corrected chi connectivity index (χ2v) is 7.75. The number of nitrogens with one attached hydrogen (secondary N) is 1. The molecule has 3 fully saturated rings. The SMILES string of the molecule is Cc1nc(-c2c(N)nsc2NC2CN3CCC2CC3)cs1. The molecule has 7 heteroatoms. The van der Waals surface area contributed by atoms with Crippen LogP contribution in [0.4, 0.5) is 10.8 Å². The van der Waals surface area contributed by atoms with Gasteiger partial charge in [0.1, 0.15) is 10.8 Å². The van der Waals surface area contributed by atoms with E-state index < -0.39 is 0 Å². The summed E-state index contributed by atoms with van der Waals surface area (Å²) in [5.74, 6) is 1.37. The minimum absolute atomic E-state index is 0.519. The monoisotopic (exact) mass is 321 g/mol. The Kier molecular flexibility index (Phi) is 3.35. The summed E-state index contributed by atoms with van der Waals surface area (Å²) in [6.07, 6.45) is 2.61. The molecule has 5 nitrogen and oxygen atoms in total. The van der Waals surface area contributed by atoms with Crippen molar-refractivity contribution in [2.75, 3.05) is 30.7 Å². The van der Waals surface area contributed by atoms with Gasteiger partial charge in [-0.25, -0.2) is 4.98 Å². The molecule has 3 aliphatic rings. The molecule has 0 radical (unpaired) electrons. The third-order valence-electron chi connectivity index (χ3n) is 4.57. The Morgan fingerprint density at radius 1 is 1.38 bits per heavy atom. The first-order valence-corrected chi connectivity index (χ1v) is 9.02. The third kappa shape index (κ3) is 2.43. The number of nitrogens with two attached hydrogens (primary N) is 1. The molecule has 1 unspecified atom stereocenters. The largest absolute Gasteiger partial charge is 0.382 e. The van der Waals surface area contributed by atoms with Crippen molar-refractivity contribution in [3.63, 3.8) is 0 Å². The molecule has 3 aliphatic heterocycles. The number of nitrogen functional groups attached to an aromatic ring is 1. The van der Waals surface area contributed by atoms with Crippen LogP contribution in [0.5, 0.6) is 0 Å². The Morgan fingerprint density at radius 3 is 2.81 bits per heavy atom. The summed E-state index contributed by atoms with van der Waals surface area (Å²) in [7, 11) is 0. The van der Waals surface area contributed by atoms with Gasteiger partial charge in [-0.2, -0.15) is 4.37 Å². The molecule has 3 N–H and O–H groups in total. The predicted octanol–water partition coefficient (Wildman–Crippen LogP) is 2.66. The fourth-order valence-electron chi connectivity index (χ4n) is 3.42. The van der Waals surface area contributed by atoms with Gasteiger partial charge in [-0.15, -0.1) is 11.3 Å². The van der Waals surface area contributed by atoms with Gasteiger partial charge >= 0.3 is 0 Å². The molecule has 5 heterocycles. The first-order valence-electron chi connectivity index (χ1n) is 7.37. The number of hydrogen-bond donors (Lipinski definition) is 2. The Labute approximate surface area is 132 Å². The summed E-state index contributed by atoms with van der Waals surface area (Å²) in [6.45, 7) is 5.67. The van der Waals surface area contributed by atoms with Crippen LogP contribution in [-0.2, 0) is 0 Å². The number of aryl methyl sites for hydroxylation is 1. The van der Waals surface area contributed by atoms with E-state index in [2.05, 4.69) is 25.0 Å². The van der Waals surface area contributed by atoms with Gasteiger partial charge in [-0.3, -0.25) is 0 Å². The first-order chi connectivity index (χ1) is 10.2. The van der Waals surface area contributed by atoms with E-state index in [1.807, 2.05) is 6.92 Å². The van der Waals surface area contributed by atoms with Crippen molar-refractivity contribution in [2.45, 2.75) is 25.8 Å². The Bertz CT molecular complexity index is 642. The highest BCUT2D eigenvalue weighted by molar-refractivity contribution is 7.11. The molecule has 0 aromatic carbocycles. The van der Waals surface area contributed by atoms with Crippen LogP contribution in [0.1, 0.15) is 17.8 Å². The normalized spacial score (nSPS) is 28.0. The summed E-state index contributed by atoms with van der Waals surface area (Å²) in [4.78, 5) is 7.12. The van der Waals surface area contributed by atoms with E-state index in [0.29, 0.717) is 11.9 Å². The molecule has 0 aliphatic carbocycles. The molecule has 0 amide bonds. The molecule has 112 valence electrons. The zero-order valence-electron chi connectivity index (χ0n) is 12.0. The van der Waals surface area contributed by atoms with Crippen molar-refractivity contribution in [3.8, 4) is 11.3 Å². The lowest BCUT2D eigenvalue weighted by Crippen LogP contribution is -2.53. The van der Waals surface area contributed by atoms with Gasteiger partial charge in [-0.05, 0) is 50.3 Å². The number of hydrogen-bond acceptors (Lipinski definition) is 7. The standard InChI is InChI=1S/C14H19N5S2/c1-8-16-11(7-20-8)12-13(15)18-21-14(12)17-10-6-19-4-2-9(10)3-5-19/h7,9-10,17H,2-6H2,1H3,(H2,15,18).